The molecule has 2 rings (SSSR count). The summed E-state index contributed by atoms with van der Waals surface area (Å²) >= 11 is 6.35. The number of rotatable bonds is 2. The van der Waals surface area contributed by atoms with Gasteiger partial charge in [0, 0.05) is 10.9 Å². The lowest BCUT2D eigenvalue weighted by Crippen LogP contribution is -2.12. The zero-order chi connectivity index (χ0) is 12.6. The van der Waals surface area contributed by atoms with Crippen LogP contribution in [0.5, 0.6) is 5.75 Å². The van der Waals surface area contributed by atoms with Gasteiger partial charge in [0.1, 0.15) is 5.75 Å². The zero-order valence-corrected chi connectivity index (χ0v) is 11.8. The Kier molecular flexibility index (Phi) is 3.67. The van der Waals surface area contributed by atoms with Crippen molar-refractivity contribution in [2.75, 3.05) is 7.11 Å². The van der Waals surface area contributed by atoms with Crippen molar-refractivity contribution < 1.29 is 4.74 Å². The van der Waals surface area contributed by atoms with Crippen LogP contribution in [-0.2, 0) is 0 Å². The van der Waals surface area contributed by atoms with Gasteiger partial charge >= 0.3 is 0 Å². The Morgan fingerprint density at radius 3 is 2.47 bits per heavy atom. The second-order valence-electron chi connectivity index (χ2n) is 5.26. The first-order chi connectivity index (χ1) is 8.04. The van der Waals surface area contributed by atoms with Crippen molar-refractivity contribution in [1.82, 2.24) is 0 Å². The SMILES string of the molecule is COc1cc(C)cc(C)c1C1CCC(Cl)C1C. The number of halogens is 1. The topological polar surface area (TPSA) is 9.23 Å². The number of alkyl halides is 1. The fourth-order valence-electron chi connectivity index (χ4n) is 3.11. The predicted molar refractivity (Wildman–Crippen MR) is 73.2 cm³/mol. The highest BCUT2D eigenvalue weighted by Crippen LogP contribution is 2.46. The Bertz CT molecular complexity index is 414. The Morgan fingerprint density at radius 1 is 1.24 bits per heavy atom. The van der Waals surface area contributed by atoms with E-state index in [0.29, 0.717) is 17.2 Å². The minimum Gasteiger partial charge on any atom is -0.496 e. The minimum atomic E-state index is 0.311. The van der Waals surface area contributed by atoms with E-state index in [9.17, 15) is 0 Å². The maximum Gasteiger partial charge on any atom is 0.122 e. The van der Waals surface area contributed by atoms with Gasteiger partial charge < -0.3 is 4.74 Å². The molecule has 1 fully saturated rings. The van der Waals surface area contributed by atoms with Gasteiger partial charge in [-0.1, -0.05) is 13.0 Å². The molecule has 2 heteroatoms. The summed E-state index contributed by atoms with van der Waals surface area (Å²) in [5.74, 6) is 2.12. The van der Waals surface area contributed by atoms with E-state index in [-0.39, 0.29) is 0 Å². The number of hydrogen-bond acceptors (Lipinski definition) is 1. The van der Waals surface area contributed by atoms with E-state index in [1.54, 1.807) is 7.11 Å². The third kappa shape index (κ3) is 2.30. The lowest BCUT2D eigenvalue weighted by molar-refractivity contribution is 0.398. The number of ether oxygens (including phenoxy) is 1. The second kappa shape index (κ2) is 4.89. The molecule has 1 aliphatic rings. The molecule has 1 nitrogen and oxygen atoms in total. The van der Waals surface area contributed by atoms with Gasteiger partial charge in [0.2, 0.25) is 0 Å². The maximum atomic E-state index is 6.35. The van der Waals surface area contributed by atoms with Crippen LogP contribution in [0.1, 0.15) is 42.4 Å². The predicted octanol–water partition coefficient (Wildman–Crippen LogP) is 4.43. The van der Waals surface area contributed by atoms with Crippen molar-refractivity contribution in [3.63, 3.8) is 0 Å². The van der Waals surface area contributed by atoms with E-state index in [0.717, 1.165) is 12.2 Å². The first kappa shape index (κ1) is 12.8. The van der Waals surface area contributed by atoms with Crippen LogP contribution in [-0.4, -0.2) is 12.5 Å². The molecule has 0 spiro atoms. The van der Waals surface area contributed by atoms with Crippen molar-refractivity contribution in [2.45, 2.75) is 44.9 Å². The lowest BCUT2D eigenvalue weighted by atomic mass is 9.86. The Balaban J connectivity index is 2.44. The van der Waals surface area contributed by atoms with Gasteiger partial charge in [0.15, 0.2) is 0 Å². The normalized spacial score (nSPS) is 28.4. The van der Waals surface area contributed by atoms with E-state index in [4.69, 9.17) is 16.3 Å². The molecule has 0 saturated heterocycles. The van der Waals surface area contributed by atoms with Gasteiger partial charge in [-0.15, -0.1) is 11.6 Å². The summed E-state index contributed by atoms with van der Waals surface area (Å²) in [4.78, 5) is 0. The van der Waals surface area contributed by atoms with Crippen LogP contribution in [0, 0.1) is 19.8 Å². The molecule has 0 bridgehead atoms. The Morgan fingerprint density at radius 2 is 1.94 bits per heavy atom. The summed E-state index contributed by atoms with van der Waals surface area (Å²) in [5, 5.41) is 0.311. The minimum absolute atomic E-state index is 0.311. The molecular formula is C15H21ClO. The molecule has 0 heterocycles. The van der Waals surface area contributed by atoms with Gasteiger partial charge in [0.05, 0.1) is 7.11 Å². The summed E-state index contributed by atoms with van der Waals surface area (Å²) < 4.78 is 5.56. The highest BCUT2D eigenvalue weighted by atomic mass is 35.5. The summed E-state index contributed by atoms with van der Waals surface area (Å²) in [5.41, 5.74) is 3.97. The summed E-state index contributed by atoms with van der Waals surface area (Å²) in [7, 11) is 1.76. The molecule has 3 atom stereocenters. The van der Waals surface area contributed by atoms with Crippen LogP contribution < -0.4 is 4.74 Å². The largest absolute Gasteiger partial charge is 0.496 e. The maximum absolute atomic E-state index is 6.35. The molecule has 0 N–H and O–H groups in total. The van der Waals surface area contributed by atoms with Crippen molar-refractivity contribution in [3.8, 4) is 5.75 Å². The van der Waals surface area contributed by atoms with Crippen molar-refractivity contribution in [2.24, 2.45) is 5.92 Å². The van der Waals surface area contributed by atoms with Crippen molar-refractivity contribution in [3.05, 3.63) is 28.8 Å². The van der Waals surface area contributed by atoms with E-state index in [1.165, 1.54) is 23.1 Å². The van der Waals surface area contributed by atoms with Crippen molar-refractivity contribution in [1.29, 1.82) is 0 Å². The summed E-state index contributed by atoms with van der Waals surface area (Å²) in [6.45, 7) is 6.55. The van der Waals surface area contributed by atoms with E-state index in [2.05, 4.69) is 32.9 Å². The number of methoxy groups -OCH3 is 1. The fraction of sp³-hybridized carbons (Fsp3) is 0.600. The fourth-order valence-corrected chi connectivity index (χ4v) is 3.41. The van der Waals surface area contributed by atoms with Crippen LogP contribution in [0.15, 0.2) is 12.1 Å². The smallest absolute Gasteiger partial charge is 0.122 e. The first-order valence-electron chi connectivity index (χ1n) is 6.33. The molecule has 1 saturated carbocycles. The van der Waals surface area contributed by atoms with Crippen molar-refractivity contribution >= 4 is 11.6 Å². The molecular weight excluding hydrogens is 232 g/mol. The molecule has 3 unspecified atom stereocenters. The summed E-state index contributed by atoms with van der Waals surface area (Å²) in [6.07, 6.45) is 2.29. The average Bonchev–Trinajstić information content (AvgIpc) is 2.59. The third-order valence-electron chi connectivity index (χ3n) is 4.04. The molecule has 1 aromatic rings. The molecule has 1 aliphatic carbocycles. The first-order valence-corrected chi connectivity index (χ1v) is 6.77. The molecule has 94 valence electrons. The average molecular weight is 253 g/mol. The Labute approximate surface area is 109 Å². The molecule has 17 heavy (non-hydrogen) atoms. The zero-order valence-electron chi connectivity index (χ0n) is 11.1. The Hall–Kier alpha value is -0.690. The second-order valence-corrected chi connectivity index (χ2v) is 5.82. The summed E-state index contributed by atoms with van der Waals surface area (Å²) in [6, 6.07) is 4.38. The third-order valence-corrected chi connectivity index (χ3v) is 4.66. The van der Waals surface area contributed by atoms with Crippen LogP contribution in [0.25, 0.3) is 0 Å². The van der Waals surface area contributed by atoms with Crippen LogP contribution in [0.2, 0.25) is 0 Å². The monoisotopic (exact) mass is 252 g/mol. The standard InChI is InChI=1S/C15H21ClO/c1-9-7-10(2)15(14(8-9)17-4)12-5-6-13(16)11(12)3/h7-8,11-13H,5-6H2,1-4H3. The van der Waals surface area contributed by atoms with Crippen LogP contribution in [0.4, 0.5) is 0 Å². The van der Waals surface area contributed by atoms with E-state index >= 15 is 0 Å². The number of benzene rings is 1. The quantitative estimate of drug-likeness (QED) is 0.708. The van der Waals surface area contributed by atoms with Gasteiger partial charge in [0.25, 0.3) is 0 Å². The molecule has 0 radical (unpaired) electrons. The molecule has 0 aromatic heterocycles. The number of hydrogen-bond donors (Lipinski definition) is 0. The van der Waals surface area contributed by atoms with Gasteiger partial charge in [-0.25, -0.2) is 0 Å². The highest BCUT2D eigenvalue weighted by Gasteiger charge is 2.34. The van der Waals surface area contributed by atoms with Gasteiger partial charge in [-0.2, -0.15) is 0 Å². The molecule has 0 aliphatic heterocycles. The molecule has 1 aromatic carbocycles. The highest BCUT2D eigenvalue weighted by molar-refractivity contribution is 6.21. The van der Waals surface area contributed by atoms with Crippen LogP contribution in [0.3, 0.4) is 0 Å². The van der Waals surface area contributed by atoms with E-state index < -0.39 is 0 Å². The number of aryl methyl sites for hydroxylation is 2. The lowest BCUT2D eigenvalue weighted by Gasteiger charge is -2.22. The molecule has 0 amide bonds. The van der Waals surface area contributed by atoms with Gasteiger partial charge in [-0.3, -0.25) is 0 Å². The van der Waals surface area contributed by atoms with Gasteiger partial charge in [-0.05, 0) is 55.7 Å². The van der Waals surface area contributed by atoms with E-state index in [1.807, 2.05) is 0 Å². The van der Waals surface area contributed by atoms with Crippen LogP contribution >= 0.6 is 11.6 Å².